The summed E-state index contributed by atoms with van der Waals surface area (Å²) in [6.07, 6.45) is 5.32. The smallest absolute Gasteiger partial charge is 0.190 e. The standard InChI is InChI=1S/C22H32O5/c1-12-8-16-15-5-4-13-9-14(24)6-7-20(13,2)19(15)17(25)10-21(16,3)22(12,27)18(26)11-23/h9,12,15-17,19,23,25,27H,4-8,10-11H2,1-3H3/t12-,15?,16?,17-,19?,20+,21-,22+/m0/s1. The Hall–Kier alpha value is -1.04. The van der Waals surface area contributed by atoms with Crippen LogP contribution in [0.25, 0.3) is 0 Å². The zero-order valence-electron chi connectivity index (χ0n) is 16.6. The summed E-state index contributed by atoms with van der Waals surface area (Å²) in [6.45, 7) is 5.36. The van der Waals surface area contributed by atoms with Crippen molar-refractivity contribution >= 4 is 11.6 Å². The molecule has 0 aromatic carbocycles. The monoisotopic (exact) mass is 376 g/mol. The van der Waals surface area contributed by atoms with Gasteiger partial charge in [0.05, 0.1) is 6.10 Å². The van der Waals surface area contributed by atoms with E-state index < -0.39 is 29.5 Å². The van der Waals surface area contributed by atoms with Crippen LogP contribution < -0.4 is 0 Å². The molecule has 0 heterocycles. The number of ketones is 2. The van der Waals surface area contributed by atoms with E-state index in [0.717, 1.165) is 25.7 Å². The molecule has 5 heteroatoms. The first-order valence-electron chi connectivity index (χ1n) is 10.4. The lowest BCUT2D eigenvalue weighted by molar-refractivity contribution is -0.187. The lowest BCUT2D eigenvalue weighted by Gasteiger charge is -2.60. The molecule has 4 rings (SSSR count). The molecule has 0 saturated heterocycles. The van der Waals surface area contributed by atoms with Gasteiger partial charge >= 0.3 is 0 Å². The highest BCUT2D eigenvalue weighted by Crippen LogP contribution is 2.68. The van der Waals surface area contributed by atoms with E-state index in [1.165, 1.54) is 5.57 Å². The third-order valence-electron chi connectivity index (χ3n) is 9.05. The zero-order chi connectivity index (χ0) is 19.8. The van der Waals surface area contributed by atoms with E-state index in [0.29, 0.717) is 12.8 Å². The molecule has 0 amide bonds. The van der Waals surface area contributed by atoms with Gasteiger partial charge in [0, 0.05) is 11.8 Å². The molecule has 8 atom stereocenters. The van der Waals surface area contributed by atoms with Crippen molar-refractivity contribution in [3.05, 3.63) is 11.6 Å². The van der Waals surface area contributed by atoms with Gasteiger partial charge in [-0.1, -0.05) is 26.3 Å². The van der Waals surface area contributed by atoms with E-state index in [4.69, 9.17) is 0 Å². The van der Waals surface area contributed by atoms with Crippen molar-refractivity contribution in [2.75, 3.05) is 6.61 Å². The lowest BCUT2D eigenvalue weighted by atomic mass is 9.45. The first kappa shape index (κ1) is 19.3. The lowest BCUT2D eigenvalue weighted by Crippen LogP contribution is -2.63. The number of allylic oxidation sites excluding steroid dienone is 1. The second-order valence-corrected chi connectivity index (χ2v) is 10.1. The van der Waals surface area contributed by atoms with Gasteiger partial charge in [0.15, 0.2) is 11.6 Å². The van der Waals surface area contributed by atoms with Gasteiger partial charge in [-0.2, -0.15) is 0 Å². The molecule has 4 aliphatic carbocycles. The number of hydrogen-bond donors (Lipinski definition) is 3. The second-order valence-electron chi connectivity index (χ2n) is 10.1. The van der Waals surface area contributed by atoms with Crippen molar-refractivity contribution in [2.24, 2.45) is 34.5 Å². The highest BCUT2D eigenvalue weighted by molar-refractivity contribution is 5.92. The van der Waals surface area contributed by atoms with Gasteiger partial charge in [-0.05, 0) is 67.3 Å². The molecule has 0 radical (unpaired) electrons. The van der Waals surface area contributed by atoms with E-state index in [2.05, 4.69) is 6.92 Å². The van der Waals surface area contributed by atoms with E-state index >= 15 is 0 Å². The van der Waals surface area contributed by atoms with Gasteiger partial charge in [0.25, 0.3) is 0 Å². The molecule has 27 heavy (non-hydrogen) atoms. The van der Waals surface area contributed by atoms with E-state index in [-0.39, 0.29) is 34.9 Å². The van der Waals surface area contributed by atoms with Crippen LogP contribution >= 0.6 is 0 Å². The quantitative estimate of drug-likeness (QED) is 0.685. The Morgan fingerprint density at radius 2 is 2.00 bits per heavy atom. The Labute approximate surface area is 160 Å². The average molecular weight is 376 g/mol. The van der Waals surface area contributed by atoms with Crippen molar-refractivity contribution in [1.82, 2.24) is 0 Å². The van der Waals surface area contributed by atoms with Gasteiger partial charge in [0.1, 0.15) is 12.2 Å². The number of Topliss-reactive ketones (excluding diaryl/α,β-unsaturated/α-hetero) is 1. The first-order chi connectivity index (χ1) is 12.6. The maximum Gasteiger partial charge on any atom is 0.190 e. The predicted molar refractivity (Wildman–Crippen MR) is 99.7 cm³/mol. The molecular weight excluding hydrogens is 344 g/mol. The van der Waals surface area contributed by atoms with Crippen LogP contribution in [0.5, 0.6) is 0 Å². The Morgan fingerprint density at radius 3 is 2.67 bits per heavy atom. The van der Waals surface area contributed by atoms with Gasteiger partial charge in [-0.15, -0.1) is 0 Å². The number of carbonyl (C=O) groups excluding carboxylic acids is 2. The molecule has 0 aromatic rings. The van der Waals surface area contributed by atoms with Gasteiger partial charge in [-0.3, -0.25) is 9.59 Å². The molecule has 3 fully saturated rings. The Balaban J connectivity index is 1.77. The highest BCUT2D eigenvalue weighted by atomic mass is 16.3. The maximum atomic E-state index is 12.6. The fourth-order valence-corrected chi connectivity index (χ4v) is 7.74. The molecule has 4 aliphatic rings. The first-order valence-corrected chi connectivity index (χ1v) is 10.4. The van der Waals surface area contributed by atoms with Crippen LogP contribution in [-0.2, 0) is 9.59 Å². The highest BCUT2D eigenvalue weighted by Gasteiger charge is 2.70. The fourth-order valence-electron chi connectivity index (χ4n) is 7.74. The Morgan fingerprint density at radius 1 is 1.30 bits per heavy atom. The summed E-state index contributed by atoms with van der Waals surface area (Å²) in [4.78, 5) is 24.5. The number of fused-ring (bicyclic) bond motifs is 5. The Bertz CT molecular complexity index is 713. The van der Waals surface area contributed by atoms with Crippen LogP contribution in [0.15, 0.2) is 11.6 Å². The van der Waals surface area contributed by atoms with Crippen molar-refractivity contribution in [3.8, 4) is 0 Å². The van der Waals surface area contributed by atoms with Crippen molar-refractivity contribution in [1.29, 1.82) is 0 Å². The largest absolute Gasteiger partial charge is 0.393 e. The number of aliphatic hydroxyl groups excluding tert-OH is 2. The van der Waals surface area contributed by atoms with Crippen LogP contribution in [0.3, 0.4) is 0 Å². The summed E-state index contributed by atoms with van der Waals surface area (Å²) in [5.41, 5.74) is -1.31. The summed E-state index contributed by atoms with van der Waals surface area (Å²) in [7, 11) is 0. The number of rotatable bonds is 2. The molecule has 0 aromatic heterocycles. The minimum atomic E-state index is -1.59. The third-order valence-corrected chi connectivity index (χ3v) is 9.05. The number of hydrogen-bond acceptors (Lipinski definition) is 5. The van der Waals surface area contributed by atoms with Crippen molar-refractivity contribution < 1.29 is 24.9 Å². The van der Waals surface area contributed by atoms with E-state index in [1.807, 2.05) is 19.9 Å². The SMILES string of the molecule is C[C@H]1CC2C3CCC4=CC(=O)CC[C@@]4(C)C3[C@@H](O)C[C@]2(C)[C@]1(O)C(=O)CO. The molecule has 0 bridgehead atoms. The summed E-state index contributed by atoms with van der Waals surface area (Å²) < 4.78 is 0. The predicted octanol–water partition coefficient (Wildman–Crippen LogP) is 2.03. The zero-order valence-corrected chi connectivity index (χ0v) is 16.6. The summed E-state index contributed by atoms with van der Waals surface area (Å²) in [5, 5.41) is 32.2. The molecule has 3 N–H and O–H groups in total. The average Bonchev–Trinajstić information content (AvgIpc) is 2.82. The van der Waals surface area contributed by atoms with Crippen LogP contribution in [0.2, 0.25) is 0 Å². The minimum absolute atomic E-state index is 0.0578. The van der Waals surface area contributed by atoms with Crippen LogP contribution in [0, 0.1) is 34.5 Å². The maximum absolute atomic E-state index is 12.6. The molecule has 3 unspecified atom stereocenters. The molecule has 5 nitrogen and oxygen atoms in total. The van der Waals surface area contributed by atoms with Crippen molar-refractivity contribution in [3.63, 3.8) is 0 Å². The van der Waals surface area contributed by atoms with Crippen LogP contribution in [0.4, 0.5) is 0 Å². The van der Waals surface area contributed by atoms with Crippen LogP contribution in [-0.4, -0.2) is 45.2 Å². The number of aliphatic hydroxyl groups is 3. The normalized spacial score (nSPS) is 51.9. The summed E-state index contributed by atoms with van der Waals surface area (Å²) >= 11 is 0. The van der Waals surface area contributed by atoms with E-state index in [1.54, 1.807) is 0 Å². The van der Waals surface area contributed by atoms with Gasteiger partial charge in [-0.25, -0.2) is 0 Å². The molecular formula is C22H32O5. The fraction of sp³-hybridized carbons (Fsp3) is 0.818. The van der Waals surface area contributed by atoms with E-state index in [9.17, 15) is 24.9 Å². The van der Waals surface area contributed by atoms with Gasteiger partial charge in [0.2, 0.25) is 0 Å². The Kier molecular flexibility index (Phi) is 4.27. The number of carbonyl (C=O) groups is 2. The second kappa shape index (κ2) is 5.98. The molecule has 3 saturated carbocycles. The summed E-state index contributed by atoms with van der Waals surface area (Å²) in [5.74, 6) is -0.155. The van der Waals surface area contributed by atoms with Crippen LogP contribution in [0.1, 0.15) is 59.3 Å². The topological polar surface area (TPSA) is 94.8 Å². The molecule has 0 aliphatic heterocycles. The molecule has 0 spiro atoms. The third kappa shape index (κ3) is 2.28. The van der Waals surface area contributed by atoms with Crippen molar-refractivity contribution in [2.45, 2.75) is 71.0 Å². The summed E-state index contributed by atoms with van der Waals surface area (Å²) in [6, 6.07) is 0. The molecule has 150 valence electrons. The van der Waals surface area contributed by atoms with Gasteiger partial charge < -0.3 is 15.3 Å². The minimum Gasteiger partial charge on any atom is -0.393 e.